The van der Waals surface area contributed by atoms with E-state index in [0.717, 1.165) is 50.2 Å². The van der Waals surface area contributed by atoms with Crippen LogP contribution in [0.4, 0.5) is 0 Å². The van der Waals surface area contributed by atoms with Crippen LogP contribution in [0.2, 0.25) is 0 Å². The zero-order chi connectivity index (χ0) is 24.0. The predicted molar refractivity (Wildman–Crippen MR) is 134 cm³/mol. The molecule has 7 heteroatoms. The first-order chi connectivity index (χ1) is 17.2. The molecule has 4 aromatic rings. The SMILES string of the molecule is COc1ccc(C(=O)N2CCC[C@H](Cc3nccn4cccc34)CC2)cc1OCc1ccccn1. The van der Waals surface area contributed by atoms with Crippen LogP contribution in [-0.4, -0.2) is 45.4 Å². The number of hydrogen-bond acceptors (Lipinski definition) is 5. The lowest BCUT2D eigenvalue weighted by Crippen LogP contribution is -2.32. The van der Waals surface area contributed by atoms with E-state index in [1.165, 1.54) is 5.52 Å². The first kappa shape index (κ1) is 22.9. The highest BCUT2D eigenvalue weighted by molar-refractivity contribution is 5.95. The largest absolute Gasteiger partial charge is 0.493 e. The summed E-state index contributed by atoms with van der Waals surface area (Å²) in [4.78, 5) is 24.3. The van der Waals surface area contributed by atoms with Gasteiger partial charge in [-0.15, -0.1) is 0 Å². The molecule has 1 aromatic carbocycles. The highest BCUT2D eigenvalue weighted by Crippen LogP contribution is 2.30. The van der Waals surface area contributed by atoms with Crippen LogP contribution in [0, 0.1) is 5.92 Å². The summed E-state index contributed by atoms with van der Waals surface area (Å²) in [5, 5.41) is 0. The van der Waals surface area contributed by atoms with Crippen LogP contribution in [0.25, 0.3) is 5.52 Å². The molecule has 5 rings (SSSR count). The van der Waals surface area contributed by atoms with E-state index in [-0.39, 0.29) is 5.91 Å². The van der Waals surface area contributed by atoms with E-state index in [9.17, 15) is 4.79 Å². The maximum absolute atomic E-state index is 13.4. The molecule has 1 aliphatic heterocycles. The molecule has 0 radical (unpaired) electrons. The van der Waals surface area contributed by atoms with Crippen molar-refractivity contribution < 1.29 is 14.3 Å². The monoisotopic (exact) mass is 470 g/mol. The average Bonchev–Trinajstić information content (AvgIpc) is 3.27. The van der Waals surface area contributed by atoms with Crippen molar-refractivity contribution in [2.75, 3.05) is 20.2 Å². The number of rotatable bonds is 7. The summed E-state index contributed by atoms with van der Waals surface area (Å²) in [5.41, 5.74) is 3.73. The van der Waals surface area contributed by atoms with Gasteiger partial charge in [0.2, 0.25) is 0 Å². The average molecular weight is 471 g/mol. The van der Waals surface area contributed by atoms with Crippen molar-refractivity contribution in [2.45, 2.75) is 32.3 Å². The number of amides is 1. The highest BCUT2D eigenvalue weighted by atomic mass is 16.5. The number of fused-ring (bicyclic) bond motifs is 1. The quantitative estimate of drug-likeness (QED) is 0.388. The van der Waals surface area contributed by atoms with E-state index in [4.69, 9.17) is 9.47 Å². The second-order valence-electron chi connectivity index (χ2n) is 8.94. The minimum Gasteiger partial charge on any atom is -0.493 e. The Balaban J connectivity index is 1.24. The summed E-state index contributed by atoms with van der Waals surface area (Å²) < 4.78 is 13.5. The number of pyridine rings is 1. The van der Waals surface area contributed by atoms with Gasteiger partial charge in [0.1, 0.15) is 6.61 Å². The van der Waals surface area contributed by atoms with Crippen LogP contribution in [0.15, 0.2) is 73.3 Å². The number of hydrogen-bond donors (Lipinski definition) is 0. The molecular formula is C28H30N4O3. The Labute approximate surface area is 205 Å². The molecule has 1 amide bonds. The molecule has 35 heavy (non-hydrogen) atoms. The van der Waals surface area contributed by atoms with Gasteiger partial charge in [-0.3, -0.25) is 14.8 Å². The maximum atomic E-state index is 13.4. The summed E-state index contributed by atoms with van der Waals surface area (Å²) in [5.74, 6) is 1.68. The molecule has 1 fully saturated rings. The lowest BCUT2D eigenvalue weighted by Gasteiger charge is -2.21. The normalized spacial score (nSPS) is 16.1. The molecule has 0 bridgehead atoms. The van der Waals surface area contributed by atoms with Gasteiger partial charge in [0.05, 0.1) is 24.0 Å². The van der Waals surface area contributed by atoms with Crippen molar-refractivity contribution in [1.29, 1.82) is 0 Å². The van der Waals surface area contributed by atoms with Crippen molar-refractivity contribution in [3.05, 3.63) is 90.3 Å². The van der Waals surface area contributed by atoms with Crippen molar-refractivity contribution >= 4 is 11.4 Å². The van der Waals surface area contributed by atoms with Crippen molar-refractivity contribution in [2.24, 2.45) is 5.92 Å². The Morgan fingerprint density at radius 2 is 1.94 bits per heavy atom. The van der Waals surface area contributed by atoms with Gasteiger partial charge < -0.3 is 18.8 Å². The molecular weight excluding hydrogens is 440 g/mol. The molecule has 0 N–H and O–H groups in total. The van der Waals surface area contributed by atoms with Gasteiger partial charge >= 0.3 is 0 Å². The van der Waals surface area contributed by atoms with Crippen LogP contribution >= 0.6 is 0 Å². The maximum Gasteiger partial charge on any atom is 0.253 e. The Hall–Kier alpha value is -3.87. The van der Waals surface area contributed by atoms with Crippen LogP contribution in [0.5, 0.6) is 11.5 Å². The van der Waals surface area contributed by atoms with Crippen molar-refractivity contribution in [1.82, 2.24) is 19.3 Å². The minimum atomic E-state index is 0.0304. The molecule has 0 aliphatic carbocycles. The second kappa shape index (κ2) is 10.6. The smallest absolute Gasteiger partial charge is 0.253 e. The van der Waals surface area contributed by atoms with Gasteiger partial charge in [0.25, 0.3) is 5.91 Å². The topological polar surface area (TPSA) is 69.0 Å². The van der Waals surface area contributed by atoms with Crippen molar-refractivity contribution in [3.63, 3.8) is 0 Å². The fourth-order valence-electron chi connectivity index (χ4n) is 4.77. The summed E-state index contributed by atoms with van der Waals surface area (Å²) in [6, 6.07) is 15.3. The Bertz CT molecular complexity index is 1290. The summed E-state index contributed by atoms with van der Waals surface area (Å²) in [6.45, 7) is 1.81. The standard InChI is InChI=1S/C28H30N4O3/c1-34-26-10-9-22(19-27(26)35-20-23-7-2-3-12-29-23)28(33)32-15-4-6-21(11-16-32)18-24-25-8-5-14-31(25)17-13-30-24/h2-3,5,7-10,12-14,17,19,21H,4,6,11,15-16,18,20H2,1H3/t21-/m0/s1. The Kier molecular flexibility index (Phi) is 6.93. The molecule has 0 spiro atoms. The number of aromatic nitrogens is 3. The highest BCUT2D eigenvalue weighted by Gasteiger charge is 2.23. The molecule has 4 heterocycles. The number of carbonyl (C=O) groups excluding carboxylic acids is 1. The summed E-state index contributed by atoms with van der Waals surface area (Å²) >= 11 is 0. The third-order valence-corrected chi connectivity index (χ3v) is 6.66. The second-order valence-corrected chi connectivity index (χ2v) is 8.94. The first-order valence-corrected chi connectivity index (χ1v) is 12.1. The molecule has 1 saturated heterocycles. The van der Waals surface area contributed by atoms with Gasteiger partial charge in [-0.25, -0.2) is 0 Å². The van der Waals surface area contributed by atoms with Gasteiger partial charge in [-0.1, -0.05) is 6.07 Å². The number of ether oxygens (including phenoxy) is 2. The third kappa shape index (κ3) is 5.29. The molecule has 3 aromatic heterocycles. The first-order valence-electron chi connectivity index (χ1n) is 12.1. The van der Waals surface area contributed by atoms with Gasteiger partial charge in [-0.2, -0.15) is 0 Å². The molecule has 180 valence electrons. The fourth-order valence-corrected chi connectivity index (χ4v) is 4.77. The van der Waals surface area contributed by atoms with Crippen LogP contribution in [0.1, 0.15) is 41.0 Å². The zero-order valence-corrected chi connectivity index (χ0v) is 20.0. The van der Waals surface area contributed by atoms with E-state index in [2.05, 4.69) is 32.7 Å². The van der Waals surface area contributed by atoms with Crippen LogP contribution in [0.3, 0.4) is 0 Å². The van der Waals surface area contributed by atoms with E-state index >= 15 is 0 Å². The van der Waals surface area contributed by atoms with Gasteiger partial charge in [0.15, 0.2) is 11.5 Å². The van der Waals surface area contributed by atoms with Gasteiger partial charge in [-0.05, 0) is 74.1 Å². The zero-order valence-electron chi connectivity index (χ0n) is 20.0. The molecule has 1 aliphatic rings. The number of likely N-dealkylation sites (tertiary alicyclic amines) is 1. The summed E-state index contributed by atoms with van der Waals surface area (Å²) in [7, 11) is 1.60. The van der Waals surface area contributed by atoms with Crippen LogP contribution < -0.4 is 9.47 Å². The third-order valence-electron chi connectivity index (χ3n) is 6.66. The molecule has 7 nitrogen and oxygen atoms in total. The van der Waals surface area contributed by atoms with Crippen molar-refractivity contribution in [3.8, 4) is 11.5 Å². The number of nitrogens with zero attached hydrogens (tertiary/aromatic N) is 4. The Morgan fingerprint density at radius 1 is 1.00 bits per heavy atom. The number of benzene rings is 1. The lowest BCUT2D eigenvalue weighted by atomic mass is 9.95. The summed E-state index contributed by atoms with van der Waals surface area (Å²) in [6.07, 6.45) is 11.6. The molecule has 0 saturated carbocycles. The van der Waals surface area contributed by atoms with E-state index in [1.54, 1.807) is 25.4 Å². The number of methoxy groups -OCH3 is 1. The van der Waals surface area contributed by atoms with E-state index < -0.39 is 0 Å². The predicted octanol–water partition coefficient (Wildman–Crippen LogP) is 4.80. The minimum absolute atomic E-state index is 0.0304. The molecule has 1 atom stereocenters. The Morgan fingerprint density at radius 3 is 2.80 bits per heavy atom. The van der Waals surface area contributed by atoms with E-state index in [0.29, 0.717) is 29.6 Å². The fraction of sp³-hybridized carbons (Fsp3) is 0.321. The van der Waals surface area contributed by atoms with E-state index in [1.807, 2.05) is 41.6 Å². The molecule has 0 unspecified atom stereocenters. The van der Waals surface area contributed by atoms with Gasteiger partial charge in [0, 0.05) is 43.4 Å². The number of carbonyl (C=O) groups is 1. The lowest BCUT2D eigenvalue weighted by molar-refractivity contribution is 0.0759. The van der Waals surface area contributed by atoms with Crippen LogP contribution in [-0.2, 0) is 13.0 Å².